The summed E-state index contributed by atoms with van der Waals surface area (Å²) in [7, 11) is 3.22. The zero-order valence-electron chi connectivity index (χ0n) is 14.0. The third-order valence-electron chi connectivity index (χ3n) is 3.99. The number of nitrogens with two attached hydrogens (primary N) is 1. The lowest BCUT2D eigenvalue weighted by Crippen LogP contribution is -2.32. The Balaban J connectivity index is 1.58. The minimum Gasteiger partial charge on any atom is -0.493 e. The van der Waals surface area contributed by atoms with Crippen molar-refractivity contribution in [2.45, 2.75) is 32.5 Å². The topological polar surface area (TPSA) is 99.6 Å². The van der Waals surface area contributed by atoms with Crippen molar-refractivity contribution in [3.63, 3.8) is 0 Å². The van der Waals surface area contributed by atoms with Gasteiger partial charge >= 0.3 is 0 Å². The zero-order chi connectivity index (χ0) is 16.9. The molecule has 2 heterocycles. The molecule has 0 aliphatic carbocycles. The van der Waals surface area contributed by atoms with Gasteiger partial charge in [-0.15, -0.1) is 10.2 Å². The molecular formula is C16H22N6O2. The van der Waals surface area contributed by atoms with Crippen molar-refractivity contribution in [3.05, 3.63) is 35.4 Å². The van der Waals surface area contributed by atoms with Crippen molar-refractivity contribution < 1.29 is 9.47 Å². The summed E-state index contributed by atoms with van der Waals surface area (Å²) >= 11 is 0. The number of aryl methyl sites for hydroxylation is 1. The SMILES string of the molecule is COc1ccc(CN=C(N)NCc2nnc3n2CCC3)cc1OC. The molecule has 128 valence electrons. The molecule has 0 unspecified atom stereocenters. The highest BCUT2D eigenvalue weighted by Gasteiger charge is 2.16. The molecule has 24 heavy (non-hydrogen) atoms. The number of ether oxygens (including phenoxy) is 2. The van der Waals surface area contributed by atoms with Crippen molar-refractivity contribution in [2.24, 2.45) is 10.7 Å². The lowest BCUT2D eigenvalue weighted by Gasteiger charge is -2.09. The second-order valence-electron chi connectivity index (χ2n) is 5.53. The summed E-state index contributed by atoms with van der Waals surface area (Å²) in [6.45, 7) is 1.95. The summed E-state index contributed by atoms with van der Waals surface area (Å²) in [6.07, 6.45) is 2.12. The fourth-order valence-corrected chi connectivity index (χ4v) is 2.72. The number of hydrogen-bond acceptors (Lipinski definition) is 5. The molecule has 0 saturated carbocycles. The molecule has 8 nitrogen and oxygen atoms in total. The molecular weight excluding hydrogens is 308 g/mol. The molecule has 2 aromatic rings. The maximum Gasteiger partial charge on any atom is 0.189 e. The Morgan fingerprint density at radius 3 is 2.92 bits per heavy atom. The van der Waals surface area contributed by atoms with E-state index >= 15 is 0 Å². The lowest BCUT2D eigenvalue weighted by molar-refractivity contribution is 0.354. The molecule has 1 aromatic carbocycles. The number of fused-ring (bicyclic) bond motifs is 1. The average Bonchev–Trinajstić information content (AvgIpc) is 3.21. The van der Waals surface area contributed by atoms with Gasteiger partial charge in [-0.25, -0.2) is 4.99 Å². The molecule has 0 atom stereocenters. The minimum absolute atomic E-state index is 0.375. The van der Waals surface area contributed by atoms with Crippen LogP contribution in [0, 0.1) is 0 Å². The Hall–Kier alpha value is -2.77. The Bertz CT molecular complexity index is 740. The van der Waals surface area contributed by atoms with E-state index in [1.807, 2.05) is 18.2 Å². The van der Waals surface area contributed by atoms with Crippen LogP contribution in [-0.4, -0.2) is 34.9 Å². The number of benzene rings is 1. The molecule has 1 aliphatic heterocycles. The monoisotopic (exact) mass is 330 g/mol. The smallest absolute Gasteiger partial charge is 0.189 e. The molecule has 3 N–H and O–H groups in total. The Labute approximate surface area is 140 Å². The highest BCUT2D eigenvalue weighted by molar-refractivity contribution is 5.77. The summed E-state index contributed by atoms with van der Waals surface area (Å²) in [5, 5.41) is 11.4. The first-order chi connectivity index (χ1) is 11.7. The van der Waals surface area contributed by atoms with Crippen LogP contribution >= 0.6 is 0 Å². The molecule has 0 spiro atoms. The van der Waals surface area contributed by atoms with E-state index in [1.165, 1.54) is 0 Å². The second kappa shape index (κ2) is 7.20. The van der Waals surface area contributed by atoms with Crippen molar-refractivity contribution in [3.8, 4) is 11.5 Å². The van der Waals surface area contributed by atoms with Gasteiger partial charge in [0.25, 0.3) is 0 Å². The van der Waals surface area contributed by atoms with Crippen molar-refractivity contribution in [1.29, 1.82) is 0 Å². The molecule has 3 rings (SSSR count). The Morgan fingerprint density at radius 2 is 2.12 bits per heavy atom. The molecule has 0 fully saturated rings. The Kier molecular flexibility index (Phi) is 4.83. The number of methoxy groups -OCH3 is 2. The lowest BCUT2D eigenvalue weighted by atomic mass is 10.2. The first-order valence-corrected chi connectivity index (χ1v) is 7.87. The minimum atomic E-state index is 0.375. The van der Waals surface area contributed by atoms with Gasteiger partial charge in [0.2, 0.25) is 0 Å². The summed E-state index contributed by atoms with van der Waals surface area (Å²) in [4.78, 5) is 4.35. The van der Waals surface area contributed by atoms with Gasteiger partial charge < -0.3 is 25.1 Å². The Morgan fingerprint density at radius 1 is 1.29 bits per heavy atom. The van der Waals surface area contributed by atoms with Crippen LogP contribution in [0.3, 0.4) is 0 Å². The highest BCUT2D eigenvalue weighted by Crippen LogP contribution is 2.27. The summed E-state index contributed by atoms with van der Waals surface area (Å²) in [6, 6.07) is 5.68. The summed E-state index contributed by atoms with van der Waals surface area (Å²) in [5.74, 6) is 3.69. The van der Waals surface area contributed by atoms with Crippen LogP contribution in [0.4, 0.5) is 0 Å². The van der Waals surface area contributed by atoms with E-state index < -0.39 is 0 Å². The predicted molar refractivity (Wildman–Crippen MR) is 90.1 cm³/mol. The normalized spacial score (nSPS) is 13.7. The largest absolute Gasteiger partial charge is 0.493 e. The fraction of sp³-hybridized carbons (Fsp3) is 0.438. The third kappa shape index (κ3) is 3.42. The molecule has 0 radical (unpaired) electrons. The number of guanidine groups is 1. The molecule has 0 bridgehead atoms. The van der Waals surface area contributed by atoms with Crippen molar-refractivity contribution >= 4 is 5.96 Å². The van der Waals surface area contributed by atoms with Gasteiger partial charge in [-0.3, -0.25) is 0 Å². The first-order valence-electron chi connectivity index (χ1n) is 7.87. The van der Waals surface area contributed by atoms with E-state index in [1.54, 1.807) is 14.2 Å². The van der Waals surface area contributed by atoms with Gasteiger partial charge in [0, 0.05) is 13.0 Å². The molecule has 8 heteroatoms. The number of rotatable bonds is 6. The molecule has 1 aliphatic rings. The quantitative estimate of drug-likeness (QED) is 0.601. The van der Waals surface area contributed by atoms with Crippen LogP contribution in [-0.2, 0) is 26.1 Å². The highest BCUT2D eigenvalue weighted by atomic mass is 16.5. The van der Waals surface area contributed by atoms with Gasteiger partial charge in [0.05, 0.1) is 27.3 Å². The van der Waals surface area contributed by atoms with Crippen molar-refractivity contribution in [1.82, 2.24) is 20.1 Å². The van der Waals surface area contributed by atoms with Gasteiger partial charge in [-0.1, -0.05) is 6.07 Å². The maximum atomic E-state index is 5.94. The van der Waals surface area contributed by atoms with Crippen LogP contribution in [0.5, 0.6) is 11.5 Å². The molecule has 1 aromatic heterocycles. The fourth-order valence-electron chi connectivity index (χ4n) is 2.72. The van der Waals surface area contributed by atoms with Crippen LogP contribution < -0.4 is 20.5 Å². The van der Waals surface area contributed by atoms with E-state index in [-0.39, 0.29) is 0 Å². The van der Waals surface area contributed by atoms with Gasteiger partial charge in [-0.05, 0) is 24.1 Å². The van der Waals surface area contributed by atoms with Gasteiger partial charge in [0.15, 0.2) is 23.3 Å². The number of aliphatic imine (C=N–C) groups is 1. The van der Waals surface area contributed by atoms with E-state index in [9.17, 15) is 0 Å². The number of nitrogens with one attached hydrogen (secondary N) is 1. The summed E-state index contributed by atoms with van der Waals surface area (Å²) in [5.41, 5.74) is 6.92. The number of aromatic nitrogens is 3. The molecule has 0 amide bonds. The van der Waals surface area contributed by atoms with Crippen LogP contribution in [0.2, 0.25) is 0 Å². The van der Waals surface area contributed by atoms with E-state index in [0.717, 1.165) is 36.6 Å². The van der Waals surface area contributed by atoms with E-state index in [2.05, 4.69) is 25.1 Å². The van der Waals surface area contributed by atoms with Gasteiger partial charge in [-0.2, -0.15) is 0 Å². The van der Waals surface area contributed by atoms with Crippen molar-refractivity contribution in [2.75, 3.05) is 14.2 Å². The van der Waals surface area contributed by atoms with E-state index in [4.69, 9.17) is 15.2 Å². The second-order valence-corrected chi connectivity index (χ2v) is 5.53. The first kappa shape index (κ1) is 16.1. The third-order valence-corrected chi connectivity index (χ3v) is 3.99. The summed E-state index contributed by atoms with van der Waals surface area (Å²) < 4.78 is 12.6. The number of hydrogen-bond donors (Lipinski definition) is 2. The predicted octanol–water partition coefficient (Wildman–Crippen LogP) is 0.846. The average molecular weight is 330 g/mol. The van der Waals surface area contributed by atoms with Crippen LogP contribution in [0.1, 0.15) is 23.6 Å². The molecule has 0 saturated heterocycles. The maximum absolute atomic E-state index is 5.94. The standard InChI is InChI=1S/C16H22N6O2/c1-23-12-6-5-11(8-13(12)24-2)9-18-16(17)19-10-15-21-20-14-4-3-7-22(14)15/h5-6,8H,3-4,7,9-10H2,1-2H3,(H3,17,18,19). The zero-order valence-corrected chi connectivity index (χ0v) is 14.0. The number of nitrogens with zero attached hydrogens (tertiary/aromatic N) is 4. The van der Waals surface area contributed by atoms with Gasteiger partial charge in [0.1, 0.15) is 5.82 Å². The van der Waals surface area contributed by atoms with Crippen LogP contribution in [0.15, 0.2) is 23.2 Å². The van der Waals surface area contributed by atoms with Crippen LogP contribution in [0.25, 0.3) is 0 Å². The van der Waals surface area contributed by atoms with E-state index in [0.29, 0.717) is 30.5 Å².